The van der Waals surface area contributed by atoms with Gasteiger partial charge in [-0.3, -0.25) is 0 Å². The van der Waals surface area contributed by atoms with E-state index in [-0.39, 0.29) is 16.2 Å². The van der Waals surface area contributed by atoms with E-state index < -0.39 is 0 Å². The fraction of sp³-hybridized carbons (Fsp3) is 0.190. The van der Waals surface area contributed by atoms with Crippen molar-refractivity contribution < 1.29 is 0 Å². The summed E-state index contributed by atoms with van der Waals surface area (Å²) in [5.74, 6) is 1.99. The standard InChI is InChI=1S/C58H48N4/c1-56(2)32-33-57(3,4)51-46(56)30-29-44-50-38-19-11-10-16-35(38)27-31-49(50)62(52(44)51)48-25-15-21-39-42(48)22-14-23-43(39)55-60-53(36-17-8-7-9-18-36)59-54(61-55)37-26-28-41-40-20-12-13-24-45(40)58(5,6)47(41)34-37/h7-31,34H,32-33H2,1-6H3. The number of fused-ring (bicyclic) bond motifs is 11. The van der Waals surface area contributed by atoms with Crippen molar-refractivity contribution >= 4 is 43.4 Å². The molecule has 300 valence electrons. The van der Waals surface area contributed by atoms with Crippen molar-refractivity contribution in [2.24, 2.45) is 0 Å². The molecule has 12 rings (SSSR count). The molecule has 0 bridgehead atoms. The summed E-state index contributed by atoms with van der Waals surface area (Å²) in [6.07, 6.45) is 2.29. The van der Waals surface area contributed by atoms with Crippen molar-refractivity contribution in [3.63, 3.8) is 0 Å². The van der Waals surface area contributed by atoms with Gasteiger partial charge >= 0.3 is 0 Å². The van der Waals surface area contributed by atoms with Crippen LogP contribution in [0.25, 0.3) is 94.3 Å². The van der Waals surface area contributed by atoms with Crippen molar-refractivity contribution in [3.8, 4) is 51.0 Å². The number of rotatable bonds is 4. The molecule has 4 nitrogen and oxygen atoms in total. The summed E-state index contributed by atoms with van der Waals surface area (Å²) in [5.41, 5.74) is 14.7. The lowest BCUT2D eigenvalue weighted by Gasteiger charge is -2.42. The highest BCUT2D eigenvalue weighted by molar-refractivity contribution is 6.22. The van der Waals surface area contributed by atoms with Crippen LogP contribution in [0.15, 0.2) is 158 Å². The summed E-state index contributed by atoms with van der Waals surface area (Å²) in [5, 5.41) is 7.42. The van der Waals surface area contributed by atoms with E-state index in [1.807, 2.05) is 18.2 Å². The van der Waals surface area contributed by atoms with E-state index in [1.165, 1.54) is 66.0 Å². The fourth-order valence-corrected chi connectivity index (χ4v) is 11.1. The molecule has 0 N–H and O–H groups in total. The minimum Gasteiger partial charge on any atom is -0.308 e. The van der Waals surface area contributed by atoms with Gasteiger partial charge in [-0.15, -0.1) is 0 Å². The molecule has 0 aliphatic heterocycles. The second-order valence-corrected chi connectivity index (χ2v) is 19.4. The summed E-state index contributed by atoms with van der Waals surface area (Å²) < 4.78 is 2.59. The van der Waals surface area contributed by atoms with Crippen molar-refractivity contribution in [1.82, 2.24) is 19.5 Å². The van der Waals surface area contributed by atoms with E-state index in [4.69, 9.17) is 15.0 Å². The number of hydrogen-bond acceptors (Lipinski definition) is 3. The van der Waals surface area contributed by atoms with Crippen LogP contribution in [-0.2, 0) is 16.2 Å². The van der Waals surface area contributed by atoms with Gasteiger partial charge in [-0.05, 0) is 91.4 Å². The maximum absolute atomic E-state index is 5.36. The quantitative estimate of drug-likeness (QED) is 0.178. The van der Waals surface area contributed by atoms with E-state index in [0.717, 1.165) is 46.0 Å². The largest absolute Gasteiger partial charge is 0.308 e. The number of hydrogen-bond donors (Lipinski definition) is 0. The highest BCUT2D eigenvalue weighted by Crippen LogP contribution is 2.52. The highest BCUT2D eigenvalue weighted by atomic mass is 15.0. The first-order valence-corrected chi connectivity index (χ1v) is 22.1. The predicted octanol–water partition coefficient (Wildman–Crippen LogP) is 14.9. The smallest absolute Gasteiger partial charge is 0.164 e. The molecular formula is C58H48N4. The number of aromatic nitrogens is 4. The second-order valence-electron chi connectivity index (χ2n) is 19.4. The lowest BCUT2D eigenvalue weighted by molar-refractivity contribution is 0.334. The molecule has 0 saturated heterocycles. The summed E-state index contributed by atoms with van der Waals surface area (Å²) >= 11 is 0. The molecule has 8 aromatic carbocycles. The Morgan fingerprint density at radius 3 is 1.95 bits per heavy atom. The molecule has 0 amide bonds. The molecule has 0 radical (unpaired) electrons. The molecule has 4 heteroatoms. The Bertz CT molecular complexity index is 3500. The van der Waals surface area contributed by atoms with E-state index in [1.54, 1.807) is 0 Å². The van der Waals surface area contributed by atoms with Crippen LogP contribution >= 0.6 is 0 Å². The van der Waals surface area contributed by atoms with Crippen molar-refractivity contribution in [3.05, 3.63) is 180 Å². The Kier molecular flexibility index (Phi) is 7.77. The highest BCUT2D eigenvalue weighted by Gasteiger charge is 2.40. The Morgan fingerprint density at radius 1 is 0.435 bits per heavy atom. The van der Waals surface area contributed by atoms with Gasteiger partial charge in [-0.1, -0.05) is 181 Å². The van der Waals surface area contributed by atoms with Crippen molar-refractivity contribution in [1.29, 1.82) is 0 Å². The summed E-state index contributed by atoms with van der Waals surface area (Å²) in [7, 11) is 0. The first-order valence-electron chi connectivity index (χ1n) is 22.1. The molecule has 0 fully saturated rings. The van der Waals surface area contributed by atoms with Crippen molar-refractivity contribution in [2.75, 3.05) is 0 Å². The molecule has 0 atom stereocenters. The third-order valence-electron chi connectivity index (χ3n) is 14.5. The Balaban J connectivity index is 1.11. The third kappa shape index (κ3) is 5.29. The first-order chi connectivity index (χ1) is 30.0. The van der Waals surface area contributed by atoms with Crippen LogP contribution in [0.4, 0.5) is 0 Å². The van der Waals surface area contributed by atoms with Gasteiger partial charge in [-0.2, -0.15) is 0 Å². The molecule has 2 heterocycles. The molecule has 2 aliphatic carbocycles. The van der Waals surface area contributed by atoms with Gasteiger partial charge < -0.3 is 4.57 Å². The van der Waals surface area contributed by atoms with Gasteiger partial charge in [0, 0.05) is 38.3 Å². The van der Waals surface area contributed by atoms with Gasteiger partial charge in [0.2, 0.25) is 0 Å². The van der Waals surface area contributed by atoms with Crippen LogP contribution in [0.2, 0.25) is 0 Å². The van der Waals surface area contributed by atoms with E-state index in [2.05, 4.69) is 186 Å². The van der Waals surface area contributed by atoms with Crippen LogP contribution in [0.3, 0.4) is 0 Å². The van der Waals surface area contributed by atoms with Crippen molar-refractivity contribution in [2.45, 2.75) is 70.6 Å². The number of nitrogens with zero attached hydrogens (tertiary/aromatic N) is 4. The molecule has 0 saturated carbocycles. The van der Waals surface area contributed by atoms with Gasteiger partial charge in [0.1, 0.15) is 0 Å². The molecule has 62 heavy (non-hydrogen) atoms. The van der Waals surface area contributed by atoms with Crippen LogP contribution in [0.5, 0.6) is 0 Å². The molecule has 2 aromatic heterocycles. The maximum Gasteiger partial charge on any atom is 0.164 e. The minimum absolute atomic E-state index is 0.00723. The average Bonchev–Trinajstić information content (AvgIpc) is 3.75. The number of benzene rings is 8. The zero-order valence-electron chi connectivity index (χ0n) is 36.2. The monoisotopic (exact) mass is 800 g/mol. The molecule has 2 aliphatic rings. The van der Waals surface area contributed by atoms with Gasteiger partial charge in [0.25, 0.3) is 0 Å². The molecular weight excluding hydrogens is 753 g/mol. The fourth-order valence-electron chi connectivity index (χ4n) is 11.1. The summed E-state index contributed by atoms with van der Waals surface area (Å²) in [6, 6.07) is 57.5. The zero-order valence-corrected chi connectivity index (χ0v) is 36.2. The predicted molar refractivity (Wildman–Crippen MR) is 258 cm³/mol. The minimum atomic E-state index is -0.143. The Labute approximate surface area is 363 Å². The second kappa shape index (κ2) is 13.0. The molecule has 10 aromatic rings. The van der Waals surface area contributed by atoms with E-state index >= 15 is 0 Å². The van der Waals surface area contributed by atoms with Crippen LogP contribution in [0, 0.1) is 0 Å². The summed E-state index contributed by atoms with van der Waals surface area (Å²) in [4.78, 5) is 15.8. The summed E-state index contributed by atoms with van der Waals surface area (Å²) in [6.45, 7) is 14.4. The topological polar surface area (TPSA) is 43.6 Å². The van der Waals surface area contributed by atoms with Crippen LogP contribution in [-0.4, -0.2) is 19.5 Å². The molecule has 0 unspecified atom stereocenters. The lowest BCUT2D eigenvalue weighted by atomic mass is 9.62. The SMILES string of the molecule is CC1(C)CCC(C)(C)c2c1ccc1c3c4ccccc4ccc3n(-c3cccc4c(-c5nc(-c6ccccc6)nc(-c6ccc7c(c6)C(C)(C)c6ccccc6-7)n5)cccc34)c21. The third-order valence-corrected chi connectivity index (χ3v) is 14.5. The average molecular weight is 801 g/mol. The Morgan fingerprint density at radius 2 is 1.10 bits per heavy atom. The van der Waals surface area contributed by atoms with Gasteiger partial charge in [0.05, 0.1) is 16.7 Å². The Hall–Kier alpha value is -6.91. The maximum atomic E-state index is 5.36. The van der Waals surface area contributed by atoms with Gasteiger partial charge in [-0.25, -0.2) is 15.0 Å². The van der Waals surface area contributed by atoms with Gasteiger partial charge in [0.15, 0.2) is 17.5 Å². The van der Waals surface area contributed by atoms with E-state index in [9.17, 15) is 0 Å². The first kappa shape index (κ1) is 36.9. The van der Waals surface area contributed by atoms with E-state index in [0.29, 0.717) is 17.5 Å². The lowest BCUT2D eigenvalue weighted by Crippen LogP contribution is -2.34. The van der Waals surface area contributed by atoms with Crippen LogP contribution in [0.1, 0.15) is 76.6 Å². The zero-order chi connectivity index (χ0) is 42.1. The molecule has 0 spiro atoms. The normalized spacial score (nSPS) is 15.8. The van der Waals surface area contributed by atoms with Crippen LogP contribution < -0.4 is 0 Å².